The average Bonchev–Trinajstić information content (AvgIpc) is 3.10. The second-order valence-corrected chi connectivity index (χ2v) is 11.7. The monoisotopic (exact) mass is 658 g/mol. The van der Waals surface area contributed by atoms with E-state index in [0.29, 0.717) is 38.3 Å². The van der Waals surface area contributed by atoms with Gasteiger partial charge in [0.25, 0.3) is 11.8 Å². The van der Waals surface area contributed by atoms with E-state index in [2.05, 4.69) is 18.5 Å². The molecule has 2 amide bonds. The van der Waals surface area contributed by atoms with Crippen LogP contribution in [0, 0.1) is 5.82 Å². The predicted octanol–water partition coefficient (Wildman–Crippen LogP) is 5.34. The minimum Gasteiger partial charge on any atom is -0.493 e. The van der Waals surface area contributed by atoms with Gasteiger partial charge in [0.05, 0.1) is 19.8 Å². The quantitative estimate of drug-likeness (QED) is 0.154. The highest BCUT2D eigenvalue weighted by molar-refractivity contribution is 5.99. The van der Waals surface area contributed by atoms with Crippen LogP contribution in [0.5, 0.6) is 11.5 Å². The molecule has 0 spiro atoms. The van der Waals surface area contributed by atoms with Gasteiger partial charge >= 0.3 is 0 Å². The van der Waals surface area contributed by atoms with Gasteiger partial charge in [0.1, 0.15) is 29.9 Å². The molecule has 254 valence electrons. The third-order valence-corrected chi connectivity index (χ3v) is 8.40. The summed E-state index contributed by atoms with van der Waals surface area (Å²) in [5.74, 6) is -1.40. The topological polar surface area (TPSA) is 102 Å². The molecule has 0 bridgehead atoms. The number of amides is 2. The van der Waals surface area contributed by atoms with Crippen molar-refractivity contribution in [1.29, 1.82) is 0 Å². The number of halogens is 1. The largest absolute Gasteiger partial charge is 0.493 e. The van der Waals surface area contributed by atoms with Crippen LogP contribution in [0.25, 0.3) is 0 Å². The highest BCUT2D eigenvalue weighted by atomic mass is 19.1. The Kier molecular flexibility index (Phi) is 12.0. The van der Waals surface area contributed by atoms with E-state index < -0.39 is 23.3 Å². The minimum absolute atomic E-state index is 0.0261. The molecule has 2 aromatic carbocycles. The van der Waals surface area contributed by atoms with Crippen molar-refractivity contribution in [3.05, 3.63) is 118 Å². The van der Waals surface area contributed by atoms with Crippen molar-refractivity contribution < 1.29 is 28.2 Å². The Balaban J connectivity index is 1.49. The fourth-order valence-corrected chi connectivity index (χ4v) is 5.86. The zero-order chi connectivity index (χ0) is 33.9. The van der Waals surface area contributed by atoms with Gasteiger partial charge in [-0.15, -0.1) is 13.2 Å². The second kappa shape index (κ2) is 16.8. The maximum absolute atomic E-state index is 14.1. The number of nitrogens with one attached hydrogen (secondary N) is 1. The Morgan fingerprint density at radius 1 is 1.02 bits per heavy atom. The van der Waals surface area contributed by atoms with Gasteiger partial charge in [0, 0.05) is 37.5 Å². The van der Waals surface area contributed by atoms with Crippen molar-refractivity contribution in [2.24, 2.45) is 0 Å². The van der Waals surface area contributed by atoms with E-state index in [0.717, 1.165) is 37.7 Å². The number of carbonyl (C=O) groups excluding carboxylic acids is 2. The van der Waals surface area contributed by atoms with Gasteiger partial charge in [0.15, 0.2) is 11.4 Å². The molecule has 1 atom stereocenters. The Morgan fingerprint density at radius 3 is 2.60 bits per heavy atom. The van der Waals surface area contributed by atoms with Gasteiger partial charge in [-0.3, -0.25) is 24.1 Å². The van der Waals surface area contributed by atoms with Crippen LogP contribution in [-0.4, -0.2) is 60.5 Å². The molecule has 48 heavy (non-hydrogen) atoms. The van der Waals surface area contributed by atoms with Crippen molar-refractivity contribution in [1.82, 2.24) is 14.9 Å². The first-order chi connectivity index (χ1) is 23.4. The number of nitrogens with zero attached hydrogens (tertiary/aromatic N) is 3. The molecule has 3 aromatic rings. The minimum atomic E-state index is -0.694. The number of carbonyl (C=O) groups is 2. The maximum atomic E-state index is 14.1. The van der Waals surface area contributed by atoms with Gasteiger partial charge in [-0.25, -0.2) is 4.39 Å². The van der Waals surface area contributed by atoms with Crippen LogP contribution in [0.15, 0.2) is 84.8 Å². The lowest BCUT2D eigenvalue weighted by Gasteiger charge is -2.48. The maximum Gasteiger partial charge on any atom is 0.278 e. The number of fused-ring (bicyclic) bond motifs is 2. The molecule has 1 aromatic heterocycles. The van der Waals surface area contributed by atoms with Crippen LogP contribution < -0.4 is 25.2 Å². The number of rotatable bonds is 17. The first-order valence-corrected chi connectivity index (χ1v) is 16.5. The lowest BCUT2D eigenvalue weighted by atomic mass is 10.1. The molecule has 3 heterocycles. The van der Waals surface area contributed by atoms with E-state index in [1.54, 1.807) is 15.7 Å². The number of hydrogen-bond donors (Lipinski definition) is 1. The molecule has 1 saturated heterocycles. The number of unbranched alkanes of at least 4 members (excludes halogenated alkanes) is 4. The van der Waals surface area contributed by atoms with Crippen LogP contribution in [0.2, 0.25) is 0 Å². The van der Waals surface area contributed by atoms with Crippen molar-refractivity contribution in [3.63, 3.8) is 0 Å². The van der Waals surface area contributed by atoms with E-state index in [4.69, 9.17) is 14.2 Å². The summed E-state index contributed by atoms with van der Waals surface area (Å²) in [5.41, 5.74) is 0.534. The molecule has 5 rings (SSSR count). The first-order valence-electron chi connectivity index (χ1n) is 16.5. The van der Waals surface area contributed by atoms with Crippen molar-refractivity contribution >= 4 is 11.8 Å². The highest BCUT2D eigenvalue weighted by Gasteiger charge is 2.42. The van der Waals surface area contributed by atoms with Gasteiger partial charge in [-0.05, 0) is 37.3 Å². The molecule has 0 aliphatic carbocycles. The number of pyridine rings is 1. The molecule has 11 heteroatoms. The highest BCUT2D eigenvalue weighted by Crippen LogP contribution is 2.28. The Hall–Kier alpha value is -4.90. The van der Waals surface area contributed by atoms with E-state index >= 15 is 0 Å². The van der Waals surface area contributed by atoms with Crippen LogP contribution in [0.1, 0.15) is 70.5 Å². The van der Waals surface area contributed by atoms with E-state index in [1.807, 2.05) is 41.4 Å². The molecule has 0 unspecified atom stereocenters. The summed E-state index contributed by atoms with van der Waals surface area (Å²) in [7, 11) is 0. The average molecular weight is 659 g/mol. The second-order valence-electron chi connectivity index (χ2n) is 11.7. The zero-order valence-corrected chi connectivity index (χ0v) is 27.2. The number of ether oxygens (including phenoxy) is 3. The summed E-state index contributed by atoms with van der Waals surface area (Å²) in [6.07, 6.45) is 9.98. The number of benzene rings is 2. The van der Waals surface area contributed by atoms with E-state index in [-0.39, 0.29) is 48.4 Å². The number of hydrogen-bond acceptors (Lipinski definition) is 7. The van der Waals surface area contributed by atoms with Crippen molar-refractivity contribution in [3.8, 4) is 11.5 Å². The fourth-order valence-electron chi connectivity index (χ4n) is 5.86. The van der Waals surface area contributed by atoms with Gasteiger partial charge in [-0.2, -0.15) is 0 Å². The molecule has 1 fully saturated rings. The van der Waals surface area contributed by atoms with Crippen molar-refractivity contribution in [2.75, 3.05) is 37.9 Å². The molecule has 1 N–H and O–H groups in total. The van der Waals surface area contributed by atoms with Crippen LogP contribution in [-0.2, 0) is 17.9 Å². The fraction of sp³-hybridized carbons (Fsp3) is 0.378. The molecular weight excluding hydrogens is 615 g/mol. The number of allylic oxidation sites excluding steroid dienone is 1. The van der Waals surface area contributed by atoms with E-state index in [1.165, 1.54) is 24.4 Å². The third-order valence-electron chi connectivity index (χ3n) is 8.40. The molecule has 2 aliphatic rings. The zero-order valence-electron chi connectivity index (χ0n) is 27.2. The Morgan fingerprint density at radius 2 is 1.81 bits per heavy atom. The molecular formula is C37H43FN4O6. The molecule has 0 saturated carbocycles. The van der Waals surface area contributed by atoms with Crippen LogP contribution in [0.3, 0.4) is 0 Å². The molecule has 2 aliphatic heterocycles. The third kappa shape index (κ3) is 8.14. The summed E-state index contributed by atoms with van der Waals surface area (Å²) in [4.78, 5) is 43.6. The van der Waals surface area contributed by atoms with Gasteiger partial charge < -0.3 is 24.4 Å². The van der Waals surface area contributed by atoms with Gasteiger partial charge in [-0.1, -0.05) is 61.4 Å². The lowest BCUT2D eigenvalue weighted by Crippen LogP contribution is -2.65. The summed E-state index contributed by atoms with van der Waals surface area (Å²) < 4.78 is 33.3. The summed E-state index contributed by atoms with van der Waals surface area (Å²) >= 11 is 0. The summed E-state index contributed by atoms with van der Waals surface area (Å²) in [6, 6.07) is 13.4. The number of morpholine rings is 1. The lowest BCUT2D eigenvalue weighted by molar-refractivity contribution is -0.0174. The SMILES string of the molecule is C=CCCCCCCN1[C@@H]2COCCN2C(=O)c2c(OCc3ccccc3)c(=O)c(C(=O)NCc3ccc(F)cc3OCCC=C)cn21. The Bertz CT molecular complexity index is 1660. The van der Waals surface area contributed by atoms with E-state index in [9.17, 15) is 18.8 Å². The summed E-state index contributed by atoms with van der Waals surface area (Å²) in [6.45, 7) is 9.35. The predicted molar refractivity (Wildman–Crippen MR) is 181 cm³/mol. The summed E-state index contributed by atoms with van der Waals surface area (Å²) in [5, 5.41) is 4.78. The standard InChI is InChI=1S/C37H43FN4O6/c1-3-5-7-8-9-13-18-41-32-26-46-21-19-40(32)37(45)33-35(48-25-27-14-11-10-12-15-27)34(43)30(24-42(33)41)36(44)39-23-28-16-17-29(38)22-31(28)47-20-6-4-2/h3-4,10-12,14-17,22,24,32H,1-2,5-9,13,18-21,23,25-26H2,(H,39,44)/t32-/m1/s1. The van der Waals surface area contributed by atoms with Crippen LogP contribution >= 0.6 is 0 Å². The van der Waals surface area contributed by atoms with Crippen LogP contribution in [0.4, 0.5) is 4.39 Å². The molecule has 10 nitrogen and oxygen atoms in total. The molecule has 0 radical (unpaired) electrons. The van der Waals surface area contributed by atoms with Crippen molar-refractivity contribution in [2.45, 2.75) is 57.8 Å². The Labute approximate surface area is 280 Å². The first kappa shape index (κ1) is 34.4. The smallest absolute Gasteiger partial charge is 0.278 e. The van der Waals surface area contributed by atoms with Gasteiger partial charge in [0.2, 0.25) is 5.43 Å². The normalized spacial score (nSPS) is 15.4. The number of aromatic nitrogens is 1.